The molecule has 2 N–H and O–H groups in total. The summed E-state index contributed by atoms with van der Waals surface area (Å²) in [5.41, 5.74) is 7.33. The van der Waals surface area contributed by atoms with E-state index in [2.05, 4.69) is 16.0 Å². The number of ether oxygens (including phenoxy) is 1. The minimum Gasteiger partial charge on any atom is -0.479 e. The lowest BCUT2D eigenvalue weighted by molar-refractivity contribution is -0.117. The predicted octanol–water partition coefficient (Wildman–Crippen LogP) is 5.54. The van der Waals surface area contributed by atoms with Gasteiger partial charge in [0.05, 0.1) is 22.9 Å². The third kappa shape index (κ3) is 9.67. The lowest BCUT2D eigenvalue weighted by atomic mass is 9.87. The highest BCUT2D eigenvalue weighted by Crippen LogP contribution is 2.30. The smallest absolute Gasteiger partial charge is 0.222 e. The molecule has 8 heteroatoms. The molecule has 7 nitrogen and oxygen atoms in total. The second-order valence-corrected chi connectivity index (χ2v) is 12.3. The Morgan fingerprint density at radius 1 is 1.22 bits per heavy atom. The fraction of sp³-hybridized carbons (Fsp3) is 0.714. The molecule has 198 valence electrons. The van der Waals surface area contributed by atoms with Gasteiger partial charge in [-0.3, -0.25) is 4.79 Å². The van der Waals surface area contributed by atoms with Gasteiger partial charge in [0.2, 0.25) is 5.91 Å². The zero-order chi connectivity index (χ0) is 26.0. The first-order chi connectivity index (χ1) is 17.2. The number of amides is 1. The Labute approximate surface area is 220 Å². The average Bonchev–Trinajstić information content (AvgIpc) is 3.16. The summed E-state index contributed by atoms with van der Waals surface area (Å²) in [6.45, 7) is 9.74. The zero-order valence-electron chi connectivity index (χ0n) is 22.4. The van der Waals surface area contributed by atoms with Crippen LogP contribution in [0.15, 0.2) is 22.5 Å². The van der Waals surface area contributed by atoms with E-state index < -0.39 is 5.41 Å². The number of nitrogens with two attached hydrogens (primary N) is 1. The second kappa shape index (κ2) is 13.9. The molecule has 0 atom stereocenters. The monoisotopic (exact) mass is 513 g/mol. The maximum Gasteiger partial charge on any atom is 0.222 e. The Morgan fingerprint density at radius 3 is 2.64 bits per heavy atom. The van der Waals surface area contributed by atoms with Gasteiger partial charge in [0.1, 0.15) is 6.61 Å². The van der Waals surface area contributed by atoms with Crippen molar-refractivity contribution in [3.8, 4) is 6.07 Å². The number of hydrogen-bond acceptors (Lipinski definition) is 7. The van der Waals surface area contributed by atoms with Crippen molar-refractivity contribution in [3.63, 3.8) is 0 Å². The maximum absolute atomic E-state index is 10.4. The molecule has 4 rings (SSSR count). The number of carbonyl (C=O) groups excluding carboxylic acids is 1. The number of thiazole rings is 1. The van der Waals surface area contributed by atoms with Crippen LogP contribution in [0.2, 0.25) is 0 Å². The van der Waals surface area contributed by atoms with Crippen LogP contribution in [0.4, 0.5) is 0 Å². The summed E-state index contributed by atoms with van der Waals surface area (Å²) >= 11 is 1.50. The van der Waals surface area contributed by atoms with Gasteiger partial charge in [-0.15, -0.1) is 11.3 Å². The largest absolute Gasteiger partial charge is 0.479 e. The molecule has 3 aliphatic rings. The van der Waals surface area contributed by atoms with E-state index in [1.165, 1.54) is 80.6 Å². The molecule has 3 heterocycles. The van der Waals surface area contributed by atoms with Gasteiger partial charge in [-0.2, -0.15) is 5.26 Å². The summed E-state index contributed by atoms with van der Waals surface area (Å²) < 4.78 is 5.86. The number of primary amides is 1. The van der Waals surface area contributed by atoms with E-state index in [-0.39, 0.29) is 5.91 Å². The lowest BCUT2D eigenvalue weighted by Crippen LogP contribution is -2.28. The molecule has 0 saturated heterocycles. The molecule has 1 aromatic rings. The molecule has 1 fully saturated rings. The van der Waals surface area contributed by atoms with E-state index in [9.17, 15) is 4.79 Å². The van der Waals surface area contributed by atoms with E-state index in [4.69, 9.17) is 20.7 Å². The molecular weight excluding hydrogens is 470 g/mol. The normalized spacial score (nSPS) is 19.3. The highest BCUT2D eigenvalue weighted by molar-refractivity contribution is 7.11. The van der Waals surface area contributed by atoms with Crippen molar-refractivity contribution in [2.45, 2.75) is 91.4 Å². The molecule has 1 aliphatic carbocycles. The average molecular weight is 514 g/mol. The molecule has 0 bridgehead atoms. The molecule has 1 amide bonds. The highest BCUT2D eigenvalue weighted by Gasteiger charge is 2.24. The van der Waals surface area contributed by atoms with E-state index in [1.54, 1.807) is 6.20 Å². The number of nitrogens with zero attached hydrogens (tertiary/aromatic N) is 4. The van der Waals surface area contributed by atoms with Gasteiger partial charge in [0.25, 0.3) is 0 Å². The fourth-order valence-electron chi connectivity index (χ4n) is 4.98. The molecule has 36 heavy (non-hydrogen) atoms. The number of hydrogen-bond donors (Lipinski definition) is 1. The van der Waals surface area contributed by atoms with Gasteiger partial charge in [-0.25, -0.2) is 9.98 Å². The SMILES string of the molecule is CC(C)(C#N)COC1=NC2=C(CC1)CCN(CCC1CCCCC1)CC2.Cc1ncc(CC(N)=O)s1. The summed E-state index contributed by atoms with van der Waals surface area (Å²) in [6.07, 6.45) is 14.8. The van der Waals surface area contributed by atoms with Crippen LogP contribution in [0.25, 0.3) is 0 Å². The first kappa shape index (κ1) is 28.3. The fourth-order valence-corrected chi connectivity index (χ4v) is 5.79. The minimum absolute atomic E-state index is 0.302. The molecule has 1 aromatic heterocycles. The van der Waals surface area contributed by atoms with E-state index in [1.807, 2.05) is 20.8 Å². The molecule has 2 aliphatic heterocycles. The summed E-state index contributed by atoms with van der Waals surface area (Å²) in [7, 11) is 0. The number of carbonyl (C=O) groups is 1. The first-order valence-electron chi connectivity index (χ1n) is 13.5. The Balaban J connectivity index is 0.000000303. The zero-order valence-corrected chi connectivity index (χ0v) is 23.2. The van der Waals surface area contributed by atoms with Crippen molar-refractivity contribution in [2.75, 3.05) is 26.2 Å². The van der Waals surface area contributed by atoms with Crippen LogP contribution in [0.5, 0.6) is 0 Å². The molecular formula is C28H43N5O2S. The highest BCUT2D eigenvalue weighted by atomic mass is 32.1. The minimum atomic E-state index is -0.448. The van der Waals surface area contributed by atoms with Crippen LogP contribution in [0.1, 0.15) is 87.9 Å². The van der Waals surface area contributed by atoms with Gasteiger partial charge >= 0.3 is 0 Å². The summed E-state index contributed by atoms with van der Waals surface area (Å²) in [4.78, 5) is 22.8. The third-order valence-electron chi connectivity index (χ3n) is 7.20. The lowest BCUT2D eigenvalue weighted by Gasteiger charge is -2.26. The van der Waals surface area contributed by atoms with Crippen molar-refractivity contribution in [1.29, 1.82) is 5.26 Å². The molecule has 1 saturated carbocycles. The van der Waals surface area contributed by atoms with Crippen molar-refractivity contribution >= 4 is 23.1 Å². The summed E-state index contributed by atoms with van der Waals surface area (Å²) in [6, 6.07) is 2.30. The van der Waals surface area contributed by atoms with E-state index in [0.29, 0.717) is 13.0 Å². The summed E-state index contributed by atoms with van der Waals surface area (Å²) in [5, 5.41) is 10.1. The van der Waals surface area contributed by atoms with Crippen LogP contribution in [-0.2, 0) is 16.0 Å². The van der Waals surface area contributed by atoms with Crippen LogP contribution in [0, 0.1) is 29.6 Å². The molecule has 0 radical (unpaired) electrons. The van der Waals surface area contributed by atoms with Crippen molar-refractivity contribution in [1.82, 2.24) is 9.88 Å². The van der Waals surface area contributed by atoms with E-state index >= 15 is 0 Å². The van der Waals surface area contributed by atoms with Crippen LogP contribution in [-0.4, -0.2) is 47.9 Å². The molecule has 0 spiro atoms. The van der Waals surface area contributed by atoms with Crippen molar-refractivity contribution in [3.05, 3.63) is 27.4 Å². The Morgan fingerprint density at radius 2 is 1.97 bits per heavy atom. The molecule has 0 aromatic carbocycles. The van der Waals surface area contributed by atoms with Gasteiger partial charge in [-0.1, -0.05) is 32.1 Å². The maximum atomic E-state index is 10.4. The standard InChI is InChI=1S/C22H35N3O.C6H8N2OS/c1-22(2,16-23)17-26-21-9-8-19-11-14-25(15-12-20(19)24-21)13-10-18-6-4-3-5-7-18;1-4-8-3-5(10-4)2-6(7)9/h18H,3-15,17H2,1-2H3;3H,2H2,1H3,(H2,7,9). The van der Waals surface area contributed by atoms with Gasteiger partial charge < -0.3 is 15.4 Å². The number of aromatic nitrogens is 1. The van der Waals surface area contributed by atoms with Gasteiger partial charge in [0.15, 0.2) is 5.90 Å². The topological polar surface area (TPSA) is 105 Å². The number of rotatable bonds is 7. The summed E-state index contributed by atoms with van der Waals surface area (Å²) in [5.74, 6) is 1.50. The van der Waals surface area contributed by atoms with Crippen LogP contribution >= 0.6 is 11.3 Å². The quantitative estimate of drug-likeness (QED) is 0.515. The number of nitriles is 1. The predicted molar refractivity (Wildman–Crippen MR) is 146 cm³/mol. The number of aryl methyl sites for hydroxylation is 1. The molecule has 0 unspecified atom stereocenters. The van der Waals surface area contributed by atoms with Crippen molar-refractivity contribution < 1.29 is 9.53 Å². The Bertz CT molecular complexity index is 969. The Kier molecular flexibility index (Phi) is 10.9. The van der Waals surface area contributed by atoms with Gasteiger partial charge in [-0.05, 0) is 58.1 Å². The van der Waals surface area contributed by atoms with Crippen LogP contribution < -0.4 is 5.73 Å². The third-order valence-corrected chi connectivity index (χ3v) is 8.11. The van der Waals surface area contributed by atoms with Crippen molar-refractivity contribution in [2.24, 2.45) is 22.1 Å². The second-order valence-electron chi connectivity index (χ2n) is 11.0. The van der Waals surface area contributed by atoms with Gasteiger partial charge in [0, 0.05) is 42.7 Å². The Hall–Kier alpha value is -2.24. The number of aliphatic imine (C=N–C) groups is 1. The first-order valence-corrected chi connectivity index (χ1v) is 14.3. The van der Waals surface area contributed by atoms with Crippen LogP contribution in [0.3, 0.4) is 0 Å². The van der Waals surface area contributed by atoms with E-state index in [0.717, 1.165) is 47.5 Å².